The Hall–Kier alpha value is -3.53. The number of hydrogen-bond donors (Lipinski definition) is 1. The molecule has 0 aromatic heterocycles. The maximum absolute atomic E-state index is 13.0. The molecule has 28 heavy (non-hydrogen) atoms. The third kappa shape index (κ3) is 3.25. The van der Waals surface area contributed by atoms with Crippen molar-refractivity contribution in [2.75, 3.05) is 7.11 Å². The summed E-state index contributed by atoms with van der Waals surface area (Å²) < 4.78 is 5.21. The number of hydrogen-bond acceptors (Lipinski definition) is 3. The minimum absolute atomic E-state index is 0.187. The smallest absolute Gasteiger partial charge is 0.290 e. The molecule has 4 rings (SSSR count). The van der Waals surface area contributed by atoms with Gasteiger partial charge in [0.2, 0.25) is 0 Å². The first kappa shape index (κ1) is 17.9. The van der Waals surface area contributed by atoms with Crippen molar-refractivity contribution in [2.24, 2.45) is 0 Å². The van der Waals surface area contributed by atoms with Crippen LogP contribution in [0.4, 0.5) is 0 Å². The summed E-state index contributed by atoms with van der Waals surface area (Å²) in [6.07, 6.45) is 0. The Morgan fingerprint density at radius 2 is 1.50 bits per heavy atom. The normalized spacial score (nSPS) is 16.5. The van der Waals surface area contributed by atoms with E-state index in [-0.39, 0.29) is 17.7 Å². The molecule has 140 valence electrons. The van der Waals surface area contributed by atoms with Crippen LogP contribution >= 0.6 is 0 Å². The summed E-state index contributed by atoms with van der Waals surface area (Å²) in [6, 6.07) is 26.7. The molecule has 0 saturated carbocycles. The molecule has 0 aliphatic carbocycles. The summed E-state index contributed by atoms with van der Waals surface area (Å²) in [7, 11) is 1.62. The van der Waals surface area contributed by atoms with E-state index >= 15 is 0 Å². The monoisotopic (exact) mass is 371 g/mol. The topological polar surface area (TPSA) is 49.8 Å². The molecule has 4 heteroatoms. The van der Waals surface area contributed by atoms with Crippen LogP contribution in [0.15, 0.2) is 90.7 Å². The Balaban J connectivity index is 1.76. The molecule has 0 saturated heterocycles. The van der Waals surface area contributed by atoms with Gasteiger partial charge in [-0.15, -0.1) is 0 Å². The Morgan fingerprint density at radius 1 is 0.893 bits per heavy atom. The van der Waals surface area contributed by atoms with Gasteiger partial charge >= 0.3 is 0 Å². The Morgan fingerprint density at radius 3 is 2.11 bits per heavy atom. The number of carbonyl (C=O) groups is 1. The van der Waals surface area contributed by atoms with Gasteiger partial charge in [0, 0.05) is 12.1 Å². The molecule has 1 N–H and O–H groups in total. The molecule has 0 spiro atoms. The number of methoxy groups -OCH3 is 1. The van der Waals surface area contributed by atoms with Gasteiger partial charge in [-0.3, -0.25) is 4.79 Å². The lowest BCUT2D eigenvalue weighted by molar-refractivity contribution is -0.130. The highest BCUT2D eigenvalue weighted by Crippen LogP contribution is 2.43. The van der Waals surface area contributed by atoms with E-state index in [0.717, 1.165) is 22.4 Å². The van der Waals surface area contributed by atoms with E-state index in [1.54, 1.807) is 12.0 Å². The molecule has 1 aliphatic rings. The molecule has 0 bridgehead atoms. The van der Waals surface area contributed by atoms with E-state index in [1.807, 2.05) is 84.9 Å². The second-order valence-electron chi connectivity index (χ2n) is 6.72. The van der Waals surface area contributed by atoms with Crippen molar-refractivity contribution in [1.82, 2.24) is 4.90 Å². The minimum Gasteiger partial charge on any atom is -0.503 e. The highest BCUT2D eigenvalue weighted by molar-refractivity contribution is 6.05. The van der Waals surface area contributed by atoms with Gasteiger partial charge < -0.3 is 14.7 Å². The maximum atomic E-state index is 13.0. The Labute approximate surface area is 164 Å². The lowest BCUT2D eigenvalue weighted by atomic mass is 9.93. The Kier molecular flexibility index (Phi) is 4.85. The lowest BCUT2D eigenvalue weighted by Gasteiger charge is -2.27. The third-order valence-electron chi connectivity index (χ3n) is 5.02. The highest BCUT2D eigenvalue weighted by Gasteiger charge is 2.40. The van der Waals surface area contributed by atoms with Gasteiger partial charge in [0.05, 0.1) is 13.2 Å². The molecule has 4 nitrogen and oxygen atoms in total. The van der Waals surface area contributed by atoms with Crippen molar-refractivity contribution in [3.8, 4) is 5.75 Å². The number of nitrogens with zero attached hydrogens (tertiary/aromatic N) is 1. The van der Waals surface area contributed by atoms with Crippen LogP contribution in [-0.2, 0) is 11.3 Å². The van der Waals surface area contributed by atoms with Gasteiger partial charge in [-0.05, 0) is 28.8 Å². The summed E-state index contributed by atoms with van der Waals surface area (Å²) in [5.74, 6) is 0.221. The zero-order valence-electron chi connectivity index (χ0n) is 15.6. The molecular formula is C24H21NO3. The average molecular weight is 371 g/mol. The van der Waals surface area contributed by atoms with Crippen molar-refractivity contribution in [3.63, 3.8) is 0 Å². The van der Waals surface area contributed by atoms with Crippen LogP contribution in [-0.4, -0.2) is 23.0 Å². The number of amides is 1. The van der Waals surface area contributed by atoms with Crippen molar-refractivity contribution in [3.05, 3.63) is 107 Å². The van der Waals surface area contributed by atoms with Crippen LogP contribution in [0.5, 0.6) is 5.75 Å². The molecule has 1 heterocycles. The molecule has 3 aromatic rings. The van der Waals surface area contributed by atoms with Crippen molar-refractivity contribution >= 4 is 11.5 Å². The van der Waals surface area contributed by atoms with Crippen LogP contribution in [0.1, 0.15) is 22.7 Å². The number of aliphatic hydroxyl groups is 1. The number of carbonyl (C=O) groups excluding carboxylic acids is 1. The highest BCUT2D eigenvalue weighted by atomic mass is 16.5. The lowest BCUT2D eigenvalue weighted by Crippen LogP contribution is -2.29. The van der Waals surface area contributed by atoms with Crippen molar-refractivity contribution < 1.29 is 14.6 Å². The van der Waals surface area contributed by atoms with E-state index in [1.165, 1.54) is 0 Å². The second kappa shape index (κ2) is 7.61. The van der Waals surface area contributed by atoms with Gasteiger partial charge in [0.25, 0.3) is 5.91 Å². The fraction of sp³-hybridized carbons (Fsp3) is 0.125. The van der Waals surface area contributed by atoms with E-state index in [4.69, 9.17) is 4.74 Å². The van der Waals surface area contributed by atoms with Crippen LogP contribution in [0.3, 0.4) is 0 Å². The van der Waals surface area contributed by atoms with Crippen LogP contribution < -0.4 is 4.74 Å². The predicted molar refractivity (Wildman–Crippen MR) is 109 cm³/mol. The molecule has 0 radical (unpaired) electrons. The van der Waals surface area contributed by atoms with Crippen LogP contribution in [0, 0.1) is 0 Å². The van der Waals surface area contributed by atoms with E-state index in [9.17, 15) is 9.90 Å². The number of ether oxygens (including phenoxy) is 1. The van der Waals surface area contributed by atoms with Crippen LogP contribution in [0.2, 0.25) is 0 Å². The first-order chi connectivity index (χ1) is 13.7. The summed E-state index contributed by atoms with van der Waals surface area (Å²) >= 11 is 0. The molecule has 0 unspecified atom stereocenters. The van der Waals surface area contributed by atoms with Crippen LogP contribution in [0.25, 0.3) is 5.57 Å². The average Bonchev–Trinajstić information content (AvgIpc) is 3.00. The zero-order valence-corrected chi connectivity index (χ0v) is 15.6. The van der Waals surface area contributed by atoms with Gasteiger partial charge in [-0.25, -0.2) is 0 Å². The SMILES string of the molecule is COc1ccc(CN2C(=O)C(O)=C(c3ccccc3)[C@@H]2c2ccccc2)cc1. The molecule has 0 fully saturated rings. The quantitative estimate of drug-likeness (QED) is 0.704. The number of aliphatic hydroxyl groups excluding tert-OH is 1. The molecule has 1 aliphatic heterocycles. The van der Waals surface area contributed by atoms with E-state index < -0.39 is 0 Å². The fourth-order valence-electron chi connectivity index (χ4n) is 3.64. The Bertz CT molecular complexity index is 995. The zero-order chi connectivity index (χ0) is 19.5. The summed E-state index contributed by atoms with van der Waals surface area (Å²) in [5, 5.41) is 10.7. The first-order valence-corrected chi connectivity index (χ1v) is 9.16. The van der Waals surface area contributed by atoms with Crippen molar-refractivity contribution in [2.45, 2.75) is 12.6 Å². The third-order valence-corrected chi connectivity index (χ3v) is 5.02. The first-order valence-electron chi connectivity index (χ1n) is 9.16. The molecule has 1 atom stereocenters. The van der Waals surface area contributed by atoms with Gasteiger partial charge in [0.1, 0.15) is 5.75 Å². The summed E-state index contributed by atoms with van der Waals surface area (Å²) in [4.78, 5) is 14.7. The standard InChI is InChI=1S/C24H21NO3/c1-28-20-14-12-17(13-15-20)16-25-22(19-10-6-3-7-11-19)21(23(26)24(25)27)18-8-4-2-5-9-18/h2-15,22,26H,16H2,1H3/t22-/m0/s1. The summed E-state index contributed by atoms with van der Waals surface area (Å²) in [5.41, 5.74) is 3.43. The van der Waals surface area contributed by atoms with Crippen molar-refractivity contribution in [1.29, 1.82) is 0 Å². The minimum atomic E-state index is -0.358. The largest absolute Gasteiger partial charge is 0.503 e. The van der Waals surface area contributed by atoms with E-state index in [2.05, 4.69) is 0 Å². The molecular weight excluding hydrogens is 350 g/mol. The second-order valence-corrected chi connectivity index (χ2v) is 6.72. The van der Waals surface area contributed by atoms with E-state index in [0.29, 0.717) is 12.1 Å². The fourth-order valence-corrected chi connectivity index (χ4v) is 3.64. The number of benzene rings is 3. The van der Waals surface area contributed by atoms with Gasteiger partial charge in [-0.1, -0.05) is 72.8 Å². The predicted octanol–water partition coefficient (Wildman–Crippen LogP) is 4.75. The number of rotatable bonds is 5. The molecule has 3 aromatic carbocycles. The molecule has 1 amide bonds. The maximum Gasteiger partial charge on any atom is 0.290 e. The van der Waals surface area contributed by atoms with Gasteiger partial charge in [-0.2, -0.15) is 0 Å². The summed E-state index contributed by atoms with van der Waals surface area (Å²) in [6.45, 7) is 0.392. The van der Waals surface area contributed by atoms with Gasteiger partial charge in [0.15, 0.2) is 5.76 Å².